The molecule has 0 atom stereocenters. The summed E-state index contributed by atoms with van der Waals surface area (Å²) >= 11 is 0. The molecule has 0 aromatic carbocycles. The molecule has 4 nitrogen and oxygen atoms in total. The van der Waals surface area contributed by atoms with E-state index in [4.69, 9.17) is 11.5 Å². The predicted octanol–water partition coefficient (Wildman–Crippen LogP) is 2.48. The smallest absolute Gasteiger partial charge is 0.000273 e. The van der Waals surface area contributed by atoms with Crippen LogP contribution in [0, 0.1) is 10.8 Å². The maximum absolute atomic E-state index is 5.52. The van der Waals surface area contributed by atoms with Gasteiger partial charge in [-0.15, -0.1) is 0 Å². The number of nitrogens with two attached hydrogens (primary N) is 2. The molecule has 0 fully saturated rings. The zero-order chi connectivity index (χ0) is 16.9. The first-order valence-corrected chi connectivity index (χ1v) is 9.14. The molecule has 0 aliphatic heterocycles. The van der Waals surface area contributed by atoms with Gasteiger partial charge in [-0.25, -0.2) is 0 Å². The number of unbranched alkanes of at least 4 members (excludes halogenated alkanes) is 3. The molecule has 0 spiro atoms. The second kappa shape index (κ2) is 12.3. The highest BCUT2D eigenvalue weighted by molar-refractivity contribution is 4.82. The molecule has 134 valence electrons. The molecule has 0 aliphatic rings. The summed E-state index contributed by atoms with van der Waals surface area (Å²) in [6.07, 6.45) is 7.14. The number of hydrogen-bond donors (Lipinski definition) is 4. The second-order valence-electron chi connectivity index (χ2n) is 8.20. The largest absolute Gasteiger partial charge is 0.330 e. The van der Waals surface area contributed by atoms with Crippen molar-refractivity contribution in [1.82, 2.24) is 10.6 Å². The van der Waals surface area contributed by atoms with Crippen LogP contribution in [0.2, 0.25) is 0 Å². The lowest BCUT2D eigenvalue weighted by Crippen LogP contribution is -2.38. The van der Waals surface area contributed by atoms with Gasteiger partial charge >= 0.3 is 0 Å². The molecule has 0 aromatic heterocycles. The Morgan fingerprint density at radius 2 is 1.05 bits per heavy atom. The molecule has 0 rings (SSSR count). The van der Waals surface area contributed by atoms with Crippen molar-refractivity contribution in [2.75, 3.05) is 39.3 Å². The van der Waals surface area contributed by atoms with E-state index in [-0.39, 0.29) is 0 Å². The molecule has 0 radical (unpaired) electrons. The highest BCUT2D eigenvalue weighted by Gasteiger charge is 2.28. The maximum atomic E-state index is 5.52. The van der Waals surface area contributed by atoms with Gasteiger partial charge in [0.2, 0.25) is 0 Å². The summed E-state index contributed by atoms with van der Waals surface area (Å²) in [5.41, 5.74) is 11.7. The summed E-state index contributed by atoms with van der Waals surface area (Å²) in [5.74, 6) is 0. The third-order valence-electron chi connectivity index (χ3n) is 4.03. The van der Waals surface area contributed by atoms with Crippen LogP contribution in [0.5, 0.6) is 0 Å². The fraction of sp³-hybridized carbons (Fsp3) is 1.00. The van der Waals surface area contributed by atoms with Crippen molar-refractivity contribution in [3.05, 3.63) is 0 Å². The molecule has 0 unspecified atom stereocenters. The van der Waals surface area contributed by atoms with Crippen molar-refractivity contribution in [2.24, 2.45) is 22.3 Å². The highest BCUT2D eigenvalue weighted by Crippen LogP contribution is 2.32. The zero-order valence-electron chi connectivity index (χ0n) is 15.6. The summed E-state index contributed by atoms with van der Waals surface area (Å²) in [5, 5.41) is 7.20. The summed E-state index contributed by atoms with van der Waals surface area (Å²) in [6.45, 7) is 15.5. The Labute approximate surface area is 139 Å². The van der Waals surface area contributed by atoms with E-state index in [9.17, 15) is 0 Å². The Morgan fingerprint density at radius 3 is 1.50 bits per heavy atom. The maximum Gasteiger partial charge on any atom is 0.000273 e. The molecule has 0 aliphatic carbocycles. The van der Waals surface area contributed by atoms with Crippen LogP contribution in [0.1, 0.15) is 66.2 Å². The number of hydrogen-bond acceptors (Lipinski definition) is 4. The first-order chi connectivity index (χ1) is 10.3. The minimum absolute atomic E-state index is 0.327. The summed E-state index contributed by atoms with van der Waals surface area (Å²) < 4.78 is 0. The van der Waals surface area contributed by atoms with Crippen LogP contribution in [0.15, 0.2) is 0 Å². The minimum Gasteiger partial charge on any atom is -0.330 e. The number of rotatable bonds is 15. The standard InChI is InChI=1S/C18H42N4/c1-17(2,15-21-12-8-5-6-10-19)14-18(3,4)16-22-13-9-7-11-20/h21-22H,5-16,19-20H2,1-4H3. The average molecular weight is 315 g/mol. The van der Waals surface area contributed by atoms with Crippen LogP contribution in [-0.2, 0) is 0 Å². The summed E-state index contributed by atoms with van der Waals surface area (Å²) in [7, 11) is 0. The van der Waals surface area contributed by atoms with E-state index in [1.165, 1.54) is 25.7 Å². The first-order valence-electron chi connectivity index (χ1n) is 9.14. The molecule has 0 saturated carbocycles. The lowest BCUT2D eigenvalue weighted by Gasteiger charge is -2.35. The Bertz CT molecular complexity index is 251. The van der Waals surface area contributed by atoms with Crippen LogP contribution in [-0.4, -0.2) is 39.3 Å². The average Bonchev–Trinajstić information content (AvgIpc) is 2.41. The fourth-order valence-corrected chi connectivity index (χ4v) is 3.24. The molecular weight excluding hydrogens is 272 g/mol. The van der Waals surface area contributed by atoms with Gasteiger partial charge < -0.3 is 22.1 Å². The van der Waals surface area contributed by atoms with Gasteiger partial charge in [0.15, 0.2) is 0 Å². The van der Waals surface area contributed by atoms with Gasteiger partial charge in [0, 0.05) is 13.1 Å². The van der Waals surface area contributed by atoms with Crippen LogP contribution in [0.3, 0.4) is 0 Å². The van der Waals surface area contributed by atoms with Crippen molar-refractivity contribution in [3.63, 3.8) is 0 Å². The normalized spacial score (nSPS) is 12.8. The Balaban J connectivity index is 3.84. The van der Waals surface area contributed by atoms with Crippen molar-refractivity contribution < 1.29 is 0 Å². The van der Waals surface area contributed by atoms with E-state index >= 15 is 0 Å². The van der Waals surface area contributed by atoms with Gasteiger partial charge in [-0.3, -0.25) is 0 Å². The van der Waals surface area contributed by atoms with E-state index in [1.807, 2.05) is 0 Å². The van der Waals surface area contributed by atoms with Crippen LogP contribution < -0.4 is 22.1 Å². The molecular formula is C18H42N4. The second-order valence-corrected chi connectivity index (χ2v) is 8.20. The van der Waals surface area contributed by atoms with Gasteiger partial charge in [0.05, 0.1) is 0 Å². The van der Waals surface area contributed by atoms with Gasteiger partial charge in [-0.1, -0.05) is 34.1 Å². The lowest BCUT2D eigenvalue weighted by atomic mass is 9.75. The van der Waals surface area contributed by atoms with Gasteiger partial charge in [-0.05, 0) is 69.1 Å². The van der Waals surface area contributed by atoms with E-state index in [1.54, 1.807) is 0 Å². The first kappa shape index (κ1) is 21.8. The van der Waals surface area contributed by atoms with E-state index in [2.05, 4.69) is 38.3 Å². The molecule has 0 aromatic rings. The van der Waals surface area contributed by atoms with Gasteiger partial charge in [0.25, 0.3) is 0 Å². The monoisotopic (exact) mass is 314 g/mol. The highest BCUT2D eigenvalue weighted by atomic mass is 14.9. The molecule has 0 amide bonds. The number of nitrogens with one attached hydrogen (secondary N) is 2. The Morgan fingerprint density at radius 1 is 0.636 bits per heavy atom. The third kappa shape index (κ3) is 13.5. The van der Waals surface area contributed by atoms with Crippen molar-refractivity contribution >= 4 is 0 Å². The van der Waals surface area contributed by atoms with Gasteiger partial charge in [0.1, 0.15) is 0 Å². The minimum atomic E-state index is 0.327. The Hall–Kier alpha value is -0.160. The molecule has 4 heteroatoms. The summed E-state index contributed by atoms with van der Waals surface area (Å²) in [6, 6.07) is 0. The molecule has 0 saturated heterocycles. The quantitative estimate of drug-likeness (QED) is 0.350. The van der Waals surface area contributed by atoms with Crippen molar-refractivity contribution in [2.45, 2.75) is 66.2 Å². The van der Waals surface area contributed by atoms with Crippen LogP contribution >= 0.6 is 0 Å². The predicted molar refractivity (Wildman–Crippen MR) is 99.1 cm³/mol. The zero-order valence-corrected chi connectivity index (χ0v) is 15.6. The molecule has 6 N–H and O–H groups in total. The van der Waals surface area contributed by atoms with Crippen LogP contribution in [0.25, 0.3) is 0 Å². The SMILES string of the molecule is CC(C)(CNCCCCN)CC(C)(C)CNCCCCCN. The fourth-order valence-electron chi connectivity index (χ4n) is 3.24. The van der Waals surface area contributed by atoms with Crippen molar-refractivity contribution in [3.8, 4) is 0 Å². The topological polar surface area (TPSA) is 76.1 Å². The van der Waals surface area contributed by atoms with Gasteiger partial charge in [-0.2, -0.15) is 0 Å². The van der Waals surface area contributed by atoms with E-state index in [0.717, 1.165) is 52.1 Å². The molecule has 22 heavy (non-hydrogen) atoms. The van der Waals surface area contributed by atoms with Crippen molar-refractivity contribution in [1.29, 1.82) is 0 Å². The lowest BCUT2D eigenvalue weighted by molar-refractivity contribution is 0.184. The Kier molecular flexibility index (Phi) is 12.2. The summed E-state index contributed by atoms with van der Waals surface area (Å²) in [4.78, 5) is 0. The molecule has 0 heterocycles. The van der Waals surface area contributed by atoms with E-state index in [0.29, 0.717) is 10.8 Å². The van der Waals surface area contributed by atoms with E-state index < -0.39 is 0 Å². The molecule has 0 bridgehead atoms. The third-order valence-corrected chi connectivity index (χ3v) is 4.03. The van der Waals surface area contributed by atoms with Crippen LogP contribution in [0.4, 0.5) is 0 Å².